The molecular weight excluding hydrogens is 592 g/mol. The van der Waals surface area contributed by atoms with Crippen LogP contribution in [0.1, 0.15) is 0 Å². The number of benzene rings is 7. The minimum absolute atomic E-state index is 0.521. The van der Waals surface area contributed by atoms with E-state index in [-0.39, 0.29) is 0 Å². The van der Waals surface area contributed by atoms with Crippen LogP contribution in [0.3, 0.4) is 0 Å². The summed E-state index contributed by atoms with van der Waals surface area (Å²) in [6, 6.07) is 54.4. The van der Waals surface area contributed by atoms with Gasteiger partial charge in [0.25, 0.3) is 0 Å². The molecule has 0 fully saturated rings. The Hall–Kier alpha value is -6.66. The molecule has 0 spiro atoms. The minimum Gasteiger partial charge on any atom is -0.436 e. The molecule has 0 aliphatic carbocycles. The maximum atomic E-state index is 6.50. The Morgan fingerprint density at radius 3 is 1.96 bits per heavy atom. The summed E-state index contributed by atoms with van der Waals surface area (Å²) in [7, 11) is 0. The molecule has 0 radical (unpaired) electrons. The van der Waals surface area contributed by atoms with Gasteiger partial charge in [-0.25, -0.2) is 4.98 Å². The van der Waals surface area contributed by atoms with E-state index in [2.05, 4.69) is 100 Å². The topological polar surface area (TPSA) is 60.2 Å². The number of hydrogen-bond donors (Lipinski definition) is 0. The fourth-order valence-electron chi connectivity index (χ4n) is 6.86. The molecule has 0 unspecified atom stereocenters. The molecule has 226 valence electrons. The first kappa shape index (κ1) is 26.5. The summed E-state index contributed by atoms with van der Waals surface area (Å²) in [6.45, 7) is 0. The monoisotopic (exact) mass is 618 g/mol. The van der Waals surface area contributed by atoms with Crippen LogP contribution in [0.15, 0.2) is 167 Å². The Labute approximate surface area is 274 Å². The SMILES string of the molecule is c1ccc(N(c2ccccc2)c2ccc3nc(-c4ccc5nc(-n6c7ccccc7c7c8ccccc8ccc76)oc5c4)oc3c2)cc1. The first-order chi connectivity index (χ1) is 23.8. The smallest absolute Gasteiger partial charge is 0.307 e. The Balaban J connectivity index is 1.07. The summed E-state index contributed by atoms with van der Waals surface area (Å²) in [5.41, 5.74) is 8.94. The second-order valence-corrected chi connectivity index (χ2v) is 11.9. The molecule has 10 aromatic rings. The lowest BCUT2D eigenvalue weighted by Gasteiger charge is -2.25. The van der Waals surface area contributed by atoms with E-state index in [0.29, 0.717) is 23.1 Å². The number of rotatable bonds is 5. The van der Waals surface area contributed by atoms with Gasteiger partial charge < -0.3 is 13.7 Å². The third-order valence-corrected chi connectivity index (χ3v) is 9.04. The van der Waals surface area contributed by atoms with Gasteiger partial charge in [0.2, 0.25) is 5.89 Å². The van der Waals surface area contributed by atoms with E-state index in [1.54, 1.807) is 0 Å². The molecule has 0 saturated heterocycles. The average molecular weight is 619 g/mol. The van der Waals surface area contributed by atoms with Crippen molar-refractivity contribution in [2.75, 3.05) is 4.90 Å². The van der Waals surface area contributed by atoms with Crippen molar-refractivity contribution in [3.63, 3.8) is 0 Å². The molecule has 0 bridgehead atoms. The summed E-state index contributed by atoms with van der Waals surface area (Å²) in [4.78, 5) is 12.0. The lowest BCUT2D eigenvalue weighted by atomic mass is 10.0. The zero-order valence-corrected chi connectivity index (χ0v) is 25.6. The number of anilines is 3. The zero-order chi connectivity index (χ0) is 31.6. The van der Waals surface area contributed by atoms with Gasteiger partial charge in [-0.2, -0.15) is 4.98 Å². The Morgan fingerprint density at radius 2 is 1.15 bits per heavy atom. The van der Waals surface area contributed by atoms with Crippen LogP contribution in [0.5, 0.6) is 0 Å². The highest BCUT2D eigenvalue weighted by molar-refractivity contribution is 6.21. The molecule has 0 atom stereocenters. The first-order valence-corrected chi connectivity index (χ1v) is 15.9. The summed E-state index contributed by atoms with van der Waals surface area (Å²) in [6.07, 6.45) is 0. The standard InChI is InChI=1S/C42H26N4O2/c1-3-12-29(13-4-1)45(30-14-5-2-6-15-30)31-21-23-34-39(26-31)47-41(43-34)28-19-22-35-38(25-28)48-42(44-35)46-36-18-10-9-17-33(36)40-32-16-8-7-11-27(32)20-24-37(40)46/h1-26H. The van der Waals surface area contributed by atoms with Gasteiger partial charge in [0.1, 0.15) is 11.0 Å². The summed E-state index contributed by atoms with van der Waals surface area (Å²) < 4.78 is 15.0. The number of para-hydroxylation sites is 3. The second-order valence-electron chi connectivity index (χ2n) is 11.9. The van der Waals surface area contributed by atoms with Crippen LogP contribution in [-0.2, 0) is 0 Å². The van der Waals surface area contributed by atoms with E-state index in [1.807, 2.05) is 66.7 Å². The van der Waals surface area contributed by atoms with Gasteiger partial charge >= 0.3 is 6.01 Å². The molecule has 0 saturated carbocycles. The fourth-order valence-corrected chi connectivity index (χ4v) is 6.86. The molecule has 10 rings (SSSR count). The zero-order valence-electron chi connectivity index (χ0n) is 25.6. The predicted octanol–water partition coefficient (Wildman–Crippen LogP) is 11.4. The third kappa shape index (κ3) is 4.13. The molecule has 7 aromatic carbocycles. The lowest BCUT2D eigenvalue weighted by molar-refractivity contribution is 0.574. The molecule has 0 N–H and O–H groups in total. The molecule has 6 heteroatoms. The third-order valence-electron chi connectivity index (χ3n) is 9.04. The van der Waals surface area contributed by atoms with Crippen LogP contribution in [0.4, 0.5) is 17.1 Å². The predicted molar refractivity (Wildman–Crippen MR) is 194 cm³/mol. The van der Waals surface area contributed by atoms with E-state index in [0.717, 1.165) is 50.1 Å². The summed E-state index contributed by atoms with van der Waals surface area (Å²) in [5, 5.41) is 4.76. The van der Waals surface area contributed by atoms with Gasteiger partial charge in [0.05, 0.1) is 11.0 Å². The van der Waals surface area contributed by atoms with Crippen LogP contribution in [0, 0.1) is 0 Å². The molecule has 0 aliphatic rings. The fraction of sp³-hybridized carbons (Fsp3) is 0. The van der Waals surface area contributed by atoms with E-state index in [9.17, 15) is 0 Å². The normalized spacial score (nSPS) is 11.8. The van der Waals surface area contributed by atoms with E-state index >= 15 is 0 Å². The molecule has 48 heavy (non-hydrogen) atoms. The number of fused-ring (bicyclic) bond motifs is 7. The highest BCUT2D eigenvalue weighted by Crippen LogP contribution is 2.39. The molecule has 0 aliphatic heterocycles. The minimum atomic E-state index is 0.521. The molecule has 3 heterocycles. The van der Waals surface area contributed by atoms with Gasteiger partial charge in [-0.3, -0.25) is 4.57 Å². The van der Waals surface area contributed by atoms with E-state index in [1.165, 1.54) is 16.2 Å². The van der Waals surface area contributed by atoms with E-state index < -0.39 is 0 Å². The van der Waals surface area contributed by atoms with Crippen molar-refractivity contribution in [3.05, 3.63) is 158 Å². The van der Waals surface area contributed by atoms with Gasteiger partial charge in [-0.1, -0.05) is 84.9 Å². The van der Waals surface area contributed by atoms with Crippen LogP contribution in [-0.4, -0.2) is 14.5 Å². The number of aromatic nitrogens is 3. The van der Waals surface area contributed by atoms with Gasteiger partial charge in [0, 0.05) is 39.5 Å². The van der Waals surface area contributed by atoms with Crippen LogP contribution >= 0.6 is 0 Å². The van der Waals surface area contributed by atoms with Crippen molar-refractivity contribution in [3.8, 4) is 17.5 Å². The first-order valence-electron chi connectivity index (χ1n) is 15.9. The van der Waals surface area contributed by atoms with Gasteiger partial charge in [-0.05, 0) is 77.5 Å². The molecule has 6 nitrogen and oxygen atoms in total. The Bertz CT molecular complexity index is 2760. The van der Waals surface area contributed by atoms with Gasteiger partial charge in [0.15, 0.2) is 11.2 Å². The molecule has 3 aromatic heterocycles. The number of oxazole rings is 2. The summed E-state index contributed by atoms with van der Waals surface area (Å²) in [5.74, 6) is 0.524. The van der Waals surface area contributed by atoms with Crippen molar-refractivity contribution in [1.29, 1.82) is 0 Å². The Kier molecular flexibility index (Phi) is 5.77. The largest absolute Gasteiger partial charge is 0.436 e. The van der Waals surface area contributed by atoms with Crippen molar-refractivity contribution < 1.29 is 8.83 Å². The Morgan fingerprint density at radius 1 is 0.479 bits per heavy atom. The number of hydrogen-bond acceptors (Lipinski definition) is 5. The maximum Gasteiger partial charge on any atom is 0.307 e. The average Bonchev–Trinajstić information content (AvgIpc) is 3.85. The van der Waals surface area contributed by atoms with Crippen molar-refractivity contribution in [2.24, 2.45) is 0 Å². The van der Waals surface area contributed by atoms with Crippen LogP contribution in [0.25, 0.3) is 72.2 Å². The quantitative estimate of drug-likeness (QED) is 0.192. The van der Waals surface area contributed by atoms with Crippen molar-refractivity contribution >= 4 is 71.8 Å². The lowest BCUT2D eigenvalue weighted by Crippen LogP contribution is -2.09. The summed E-state index contributed by atoms with van der Waals surface area (Å²) >= 11 is 0. The van der Waals surface area contributed by atoms with Gasteiger partial charge in [-0.15, -0.1) is 0 Å². The number of nitrogens with zero attached hydrogens (tertiary/aromatic N) is 4. The van der Waals surface area contributed by atoms with Crippen LogP contribution in [0.2, 0.25) is 0 Å². The highest BCUT2D eigenvalue weighted by Gasteiger charge is 2.20. The second kappa shape index (κ2) is 10.4. The maximum absolute atomic E-state index is 6.50. The molecule has 0 amide bonds. The highest BCUT2D eigenvalue weighted by atomic mass is 16.4. The van der Waals surface area contributed by atoms with Crippen molar-refractivity contribution in [1.82, 2.24) is 14.5 Å². The van der Waals surface area contributed by atoms with E-state index in [4.69, 9.17) is 18.8 Å². The van der Waals surface area contributed by atoms with Crippen LogP contribution < -0.4 is 4.90 Å². The molecular formula is C42H26N4O2. The van der Waals surface area contributed by atoms with Crippen molar-refractivity contribution in [2.45, 2.75) is 0 Å².